The van der Waals surface area contributed by atoms with Crippen LogP contribution in [0.4, 0.5) is 5.69 Å². The number of fused-ring (bicyclic) bond motifs is 1. The van der Waals surface area contributed by atoms with E-state index < -0.39 is 29.6 Å². The number of benzene rings is 1. The lowest BCUT2D eigenvalue weighted by Crippen LogP contribution is -2.57. The van der Waals surface area contributed by atoms with Crippen molar-refractivity contribution < 1.29 is 23.9 Å². The molecular weight excluding hydrogens is 446 g/mol. The first-order chi connectivity index (χ1) is 16.9. The van der Waals surface area contributed by atoms with Gasteiger partial charge in [-0.2, -0.15) is 0 Å². The summed E-state index contributed by atoms with van der Waals surface area (Å²) in [6.45, 7) is 4.60. The number of nitrogens with one attached hydrogen (secondary N) is 2. The van der Waals surface area contributed by atoms with Gasteiger partial charge < -0.3 is 25.0 Å². The standard InChI is InChI=1S/C27H35N3O5/c1-4-14-30-23(25(32)29-19-11-6-5-8-16(19)2)27-13-12-20(35-27)21(22(27)26(30)33)24(31)28-17-9-7-10-18(15-17)34-3/h7,9-10,12-13,15-16,19-23H,4-6,8,11,14H2,1-3H3,(H,28,31)(H,29,32). The van der Waals surface area contributed by atoms with Crippen molar-refractivity contribution in [2.45, 2.75) is 69.7 Å². The van der Waals surface area contributed by atoms with Crippen molar-refractivity contribution in [1.29, 1.82) is 0 Å². The highest BCUT2D eigenvalue weighted by Crippen LogP contribution is 2.55. The monoisotopic (exact) mass is 481 g/mol. The smallest absolute Gasteiger partial charge is 0.246 e. The van der Waals surface area contributed by atoms with Crippen LogP contribution in [0.25, 0.3) is 0 Å². The number of amides is 3. The van der Waals surface area contributed by atoms with E-state index >= 15 is 0 Å². The normalized spacial score (nSPS) is 35.2. The average molecular weight is 482 g/mol. The zero-order valence-electron chi connectivity index (χ0n) is 20.7. The molecule has 2 N–H and O–H groups in total. The number of rotatable bonds is 7. The summed E-state index contributed by atoms with van der Waals surface area (Å²) in [5, 5.41) is 6.18. The van der Waals surface area contributed by atoms with Crippen LogP contribution in [0.5, 0.6) is 5.75 Å². The van der Waals surface area contributed by atoms with Gasteiger partial charge >= 0.3 is 0 Å². The van der Waals surface area contributed by atoms with Crippen molar-refractivity contribution in [3.63, 3.8) is 0 Å². The number of likely N-dealkylation sites (tertiary alicyclic amines) is 1. The maximum absolute atomic E-state index is 13.7. The molecule has 0 aromatic heterocycles. The molecule has 1 aliphatic carbocycles. The van der Waals surface area contributed by atoms with E-state index in [9.17, 15) is 14.4 Å². The summed E-state index contributed by atoms with van der Waals surface area (Å²) >= 11 is 0. The third-order valence-electron chi connectivity index (χ3n) is 8.17. The molecule has 2 bridgehead atoms. The number of hydrogen-bond donors (Lipinski definition) is 2. The molecule has 1 aromatic rings. The summed E-state index contributed by atoms with van der Waals surface area (Å²) < 4.78 is 11.6. The van der Waals surface area contributed by atoms with Crippen LogP contribution >= 0.6 is 0 Å². The van der Waals surface area contributed by atoms with E-state index in [0.29, 0.717) is 30.3 Å². The minimum Gasteiger partial charge on any atom is -0.497 e. The topological polar surface area (TPSA) is 97.0 Å². The zero-order chi connectivity index (χ0) is 24.7. The van der Waals surface area contributed by atoms with Gasteiger partial charge in [-0.15, -0.1) is 0 Å². The van der Waals surface area contributed by atoms with Gasteiger partial charge in [-0.25, -0.2) is 0 Å². The molecule has 3 amide bonds. The van der Waals surface area contributed by atoms with Crippen LogP contribution < -0.4 is 15.4 Å². The second-order valence-corrected chi connectivity index (χ2v) is 10.3. The van der Waals surface area contributed by atoms with Gasteiger partial charge in [0.15, 0.2) is 0 Å². The molecule has 0 radical (unpaired) electrons. The molecule has 8 nitrogen and oxygen atoms in total. The third-order valence-corrected chi connectivity index (χ3v) is 8.17. The van der Waals surface area contributed by atoms with Crippen LogP contribution in [0.2, 0.25) is 0 Å². The number of methoxy groups -OCH3 is 1. The molecule has 3 fully saturated rings. The number of carbonyl (C=O) groups is 3. The zero-order valence-corrected chi connectivity index (χ0v) is 20.7. The molecule has 3 aliphatic heterocycles. The molecule has 5 rings (SSSR count). The van der Waals surface area contributed by atoms with Crippen LogP contribution in [-0.4, -0.2) is 60.1 Å². The Morgan fingerprint density at radius 1 is 1.23 bits per heavy atom. The number of carbonyl (C=O) groups excluding carboxylic acids is 3. The fourth-order valence-electron chi connectivity index (χ4n) is 6.47. The number of anilines is 1. The summed E-state index contributed by atoms with van der Waals surface area (Å²) in [6.07, 6.45) is 8.19. The summed E-state index contributed by atoms with van der Waals surface area (Å²) in [7, 11) is 1.57. The highest BCUT2D eigenvalue weighted by molar-refractivity contribution is 6.02. The first-order valence-electron chi connectivity index (χ1n) is 12.8. The van der Waals surface area contributed by atoms with Gasteiger partial charge in [0.2, 0.25) is 17.7 Å². The third kappa shape index (κ3) is 3.92. The van der Waals surface area contributed by atoms with Crippen LogP contribution in [-0.2, 0) is 19.1 Å². The Kier molecular flexibility index (Phi) is 6.34. The molecule has 4 aliphatic rings. The number of ether oxygens (including phenoxy) is 2. The van der Waals surface area contributed by atoms with Crippen molar-refractivity contribution in [3.8, 4) is 5.75 Å². The molecule has 1 spiro atoms. The van der Waals surface area contributed by atoms with E-state index in [1.54, 1.807) is 36.3 Å². The van der Waals surface area contributed by atoms with E-state index in [-0.39, 0.29) is 23.8 Å². The molecule has 188 valence electrons. The molecule has 7 unspecified atom stereocenters. The molecule has 2 saturated heterocycles. The van der Waals surface area contributed by atoms with E-state index in [0.717, 1.165) is 19.3 Å². The van der Waals surface area contributed by atoms with Gasteiger partial charge in [-0.3, -0.25) is 14.4 Å². The SMILES string of the molecule is CCCN1C(=O)C2C(C(=O)Nc3cccc(OC)c3)C3C=CC2(O3)C1C(=O)NC1CCCCC1C. The predicted octanol–water partition coefficient (Wildman–Crippen LogP) is 2.89. The summed E-state index contributed by atoms with van der Waals surface area (Å²) in [6, 6.07) is 6.43. The van der Waals surface area contributed by atoms with Gasteiger partial charge in [0.05, 0.1) is 25.0 Å². The quantitative estimate of drug-likeness (QED) is 0.584. The van der Waals surface area contributed by atoms with Crippen molar-refractivity contribution in [2.24, 2.45) is 17.8 Å². The van der Waals surface area contributed by atoms with E-state index in [1.165, 1.54) is 6.42 Å². The number of hydrogen-bond acceptors (Lipinski definition) is 5. The molecule has 1 aromatic carbocycles. The van der Waals surface area contributed by atoms with Crippen molar-refractivity contribution in [1.82, 2.24) is 10.2 Å². The molecule has 1 saturated carbocycles. The van der Waals surface area contributed by atoms with Gasteiger partial charge in [-0.05, 0) is 37.3 Å². The second-order valence-electron chi connectivity index (χ2n) is 10.3. The lowest BCUT2D eigenvalue weighted by molar-refractivity contribution is -0.141. The minimum absolute atomic E-state index is 0.0972. The van der Waals surface area contributed by atoms with Crippen LogP contribution in [0, 0.1) is 17.8 Å². The lowest BCUT2D eigenvalue weighted by atomic mass is 9.74. The van der Waals surface area contributed by atoms with Crippen LogP contribution in [0.3, 0.4) is 0 Å². The molecular formula is C27H35N3O5. The summed E-state index contributed by atoms with van der Waals surface area (Å²) in [5.41, 5.74) is -0.526. The van der Waals surface area contributed by atoms with E-state index in [2.05, 4.69) is 17.6 Å². The van der Waals surface area contributed by atoms with Crippen molar-refractivity contribution in [2.75, 3.05) is 19.0 Å². The van der Waals surface area contributed by atoms with Gasteiger partial charge in [0.25, 0.3) is 0 Å². The van der Waals surface area contributed by atoms with E-state index in [1.807, 2.05) is 19.1 Å². The highest BCUT2D eigenvalue weighted by Gasteiger charge is 2.72. The fraction of sp³-hybridized carbons (Fsp3) is 0.593. The Morgan fingerprint density at radius 2 is 2.03 bits per heavy atom. The van der Waals surface area contributed by atoms with Gasteiger partial charge in [0, 0.05) is 24.3 Å². The predicted molar refractivity (Wildman–Crippen MR) is 131 cm³/mol. The maximum Gasteiger partial charge on any atom is 0.246 e. The first kappa shape index (κ1) is 23.9. The van der Waals surface area contributed by atoms with Crippen LogP contribution in [0.15, 0.2) is 36.4 Å². The Hall–Kier alpha value is -2.87. The first-order valence-corrected chi connectivity index (χ1v) is 12.8. The molecule has 7 atom stereocenters. The van der Waals surface area contributed by atoms with Gasteiger partial charge in [-0.1, -0.05) is 44.9 Å². The molecule has 3 heterocycles. The van der Waals surface area contributed by atoms with E-state index in [4.69, 9.17) is 9.47 Å². The molecule has 8 heteroatoms. The largest absolute Gasteiger partial charge is 0.497 e. The minimum atomic E-state index is -1.12. The Balaban J connectivity index is 1.42. The second kappa shape index (κ2) is 9.30. The van der Waals surface area contributed by atoms with Crippen molar-refractivity contribution >= 4 is 23.4 Å². The molecule has 35 heavy (non-hydrogen) atoms. The highest BCUT2D eigenvalue weighted by atomic mass is 16.5. The Labute approximate surface area is 206 Å². The fourth-order valence-corrected chi connectivity index (χ4v) is 6.47. The van der Waals surface area contributed by atoms with Crippen LogP contribution in [0.1, 0.15) is 46.0 Å². The number of nitrogens with zero attached hydrogens (tertiary/aromatic N) is 1. The van der Waals surface area contributed by atoms with Gasteiger partial charge in [0.1, 0.15) is 17.4 Å². The summed E-state index contributed by atoms with van der Waals surface area (Å²) in [4.78, 5) is 42.5. The average Bonchev–Trinajstić information content (AvgIpc) is 3.48. The summed E-state index contributed by atoms with van der Waals surface area (Å²) in [5.74, 6) is -1.04. The lowest BCUT2D eigenvalue weighted by Gasteiger charge is -2.35. The Bertz CT molecular complexity index is 1040. The maximum atomic E-state index is 13.7. The van der Waals surface area contributed by atoms with Crippen molar-refractivity contribution in [3.05, 3.63) is 36.4 Å². The Morgan fingerprint density at radius 3 is 2.77 bits per heavy atom.